The molecule has 0 aliphatic carbocycles. The fraction of sp³-hybridized carbons (Fsp3) is 0.357. The van der Waals surface area contributed by atoms with Crippen molar-refractivity contribution in [3.8, 4) is 17.0 Å². The van der Waals surface area contributed by atoms with Crippen LogP contribution in [0.3, 0.4) is 0 Å². The Morgan fingerprint density at radius 3 is 2.89 bits per heavy atom. The predicted octanol–water partition coefficient (Wildman–Crippen LogP) is 2.76. The third-order valence-electron chi connectivity index (χ3n) is 3.09. The summed E-state index contributed by atoms with van der Waals surface area (Å²) in [6.07, 6.45) is 1.14. The Bertz CT molecular complexity index is 507. The van der Waals surface area contributed by atoms with E-state index in [0.717, 1.165) is 42.3 Å². The summed E-state index contributed by atoms with van der Waals surface area (Å²) in [5.74, 6) is 2.02. The van der Waals surface area contributed by atoms with Crippen LogP contribution in [0.1, 0.15) is 13.3 Å². The first-order chi connectivity index (χ1) is 8.86. The smallest absolute Gasteiger partial charge is 0.124 e. The molecule has 94 valence electrons. The molecule has 4 nitrogen and oxygen atoms in total. The number of aromatic nitrogens is 2. The van der Waals surface area contributed by atoms with Gasteiger partial charge in [0.05, 0.1) is 12.3 Å². The van der Waals surface area contributed by atoms with Crippen LogP contribution in [0.2, 0.25) is 0 Å². The molecule has 1 N–H and O–H groups in total. The average Bonchev–Trinajstić information content (AvgIpc) is 2.84. The number of anilines is 1. The lowest BCUT2D eigenvalue weighted by Gasteiger charge is -2.14. The number of nitrogens with one attached hydrogen (secondary N) is 1. The highest BCUT2D eigenvalue weighted by atomic mass is 16.5. The van der Waals surface area contributed by atoms with Gasteiger partial charge in [0.2, 0.25) is 0 Å². The van der Waals surface area contributed by atoms with Crippen LogP contribution in [0.25, 0.3) is 11.3 Å². The van der Waals surface area contributed by atoms with Crippen LogP contribution in [0.4, 0.5) is 5.82 Å². The number of aryl methyl sites for hydroxylation is 1. The minimum atomic E-state index is 0.696. The number of hydrogen-bond donors (Lipinski definition) is 1. The Balaban J connectivity index is 1.87. The lowest BCUT2D eigenvalue weighted by Crippen LogP contribution is -2.17. The number of fused-ring (bicyclic) bond motifs is 1. The molecule has 0 saturated heterocycles. The number of ether oxygens (including phenoxy) is 1. The molecule has 0 unspecified atom stereocenters. The summed E-state index contributed by atoms with van der Waals surface area (Å²) in [7, 11) is 0. The first-order valence-corrected chi connectivity index (χ1v) is 6.42. The highest BCUT2D eigenvalue weighted by molar-refractivity contribution is 5.64. The summed E-state index contributed by atoms with van der Waals surface area (Å²) in [5, 5.41) is 7.97. The van der Waals surface area contributed by atoms with Crippen molar-refractivity contribution in [3.05, 3.63) is 30.3 Å². The first-order valence-electron chi connectivity index (χ1n) is 6.42. The topological polar surface area (TPSA) is 39.1 Å². The Morgan fingerprint density at radius 2 is 2.17 bits per heavy atom. The van der Waals surface area contributed by atoms with Gasteiger partial charge in [0.1, 0.15) is 11.6 Å². The number of rotatable bonds is 3. The van der Waals surface area contributed by atoms with Crippen molar-refractivity contribution in [2.75, 3.05) is 18.5 Å². The summed E-state index contributed by atoms with van der Waals surface area (Å²) >= 11 is 0. The quantitative estimate of drug-likeness (QED) is 0.901. The van der Waals surface area contributed by atoms with Crippen LogP contribution in [0.15, 0.2) is 30.3 Å². The maximum Gasteiger partial charge on any atom is 0.124 e. The molecule has 0 fully saturated rings. The van der Waals surface area contributed by atoms with Gasteiger partial charge in [-0.2, -0.15) is 5.10 Å². The van der Waals surface area contributed by atoms with Crippen molar-refractivity contribution in [1.82, 2.24) is 9.78 Å². The van der Waals surface area contributed by atoms with Gasteiger partial charge in [0, 0.05) is 24.7 Å². The molecule has 1 aromatic heterocycles. The zero-order valence-electron chi connectivity index (χ0n) is 10.5. The normalized spacial score (nSPS) is 13.8. The third-order valence-corrected chi connectivity index (χ3v) is 3.09. The van der Waals surface area contributed by atoms with Crippen LogP contribution in [-0.2, 0) is 6.54 Å². The van der Waals surface area contributed by atoms with Crippen LogP contribution in [0, 0.1) is 0 Å². The van der Waals surface area contributed by atoms with E-state index in [0.29, 0.717) is 6.61 Å². The van der Waals surface area contributed by atoms with Gasteiger partial charge in [-0.15, -0.1) is 0 Å². The van der Waals surface area contributed by atoms with Crippen molar-refractivity contribution in [3.63, 3.8) is 0 Å². The van der Waals surface area contributed by atoms with E-state index in [1.54, 1.807) is 0 Å². The highest BCUT2D eigenvalue weighted by Crippen LogP contribution is 2.25. The molecule has 18 heavy (non-hydrogen) atoms. The van der Waals surface area contributed by atoms with E-state index < -0.39 is 0 Å². The lowest BCUT2D eigenvalue weighted by atomic mass is 10.1. The molecule has 0 spiro atoms. The van der Waals surface area contributed by atoms with Crippen molar-refractivity contribution in [2.45, 2.75) is 19.9 Å². The van der Waals surface area contributed by atoms with Crippen LogP contribution < -0.4 is 10.1 Å². The van der Waals surface area contributed by atoms with Crippen molar-refractivity contribution in [2.24, 2.45) is 0 Å². The van der Waals surface area contributed by atoms with E-state index in [-0.39, 0.29) is 0 Å². The third kappa shape index (κ3) is 2.06. The van der Waals surface area contributed by atoms with E-state index in [2.05, 4.69) is 28.6 Å². The molecule has 4 heteroatoms. The van der Waals surface area contributed by atoms with Gasteiger partial charge in [0.25, 0.3) is 0 Å². The van der Waals surface area contributed by atoms with Crippen molar-refractivity contribution in [1.29, 1.82) is 0 Å². The van der Waals surface area contributed by atoms with Crippen molar-refractivity contribution >= 4 is 5.82 Å². The fourth-order valence-corrected chi connectivity index (χ4v) is 2.20. The molecule has 0 atom stereocenters. The van der Waals surface area contributed by atoms with Crippen LogP contribution in [0.5, 0.6) is 5.75 Å². The van der Waals surface area contributed by atoms with Crippen LogP contribution in [-0.4, -0.2) is 22.9 Å². The molecule has 0 amide bonds. The predicted molar refractivity (Wildman–Crippen MR) is 71.9 cm³/mol. The van der Waals surface area contributed by atoms with Gasteiger partial charge in [0.15, 0.2) is 0 Å². The minimum Gasteiger partial charge on any atom is -0.494 e. The molecule has 2 aromatic rings. The molecule has 1 aliphatic heterocycles. The molecular weight excluding hydrogens is 226 g/mol. The second-order valence-corrected chi connectivity index (χ2v) is 4.38. The molecular formula is C14H17N3O. The summed E-state index contributed by atoms with van der Waals surface area (Å²) in [4.78, 5) is 0. The van der Waals surface area contributed by atoms with Gasteiger partial charge >= 0.3 is 0 Å². The Labute approximate surface area is 107 Å². The molecule has 1 aromatic carbocycles. The Morgan fingerprint density at radius 1 is 1.33 bits per heavy atom. The van der Waals surface area contributed by atoms with E-state index in [4.69, 9.17) is 4.74 Å². The largest absolute Gasteiger partial charge is 0.494 e. The highest BCUT2D eigenvalue weighted by Gasteiger charge is 2.12. The van der Waals surface area contributed by atoms with Gasteiger partial charge in [-0.25, -0.2) is 4.68 Å². The lowest BCUT2D eigenvalue weighted by molar-refractivity contribution is 0.340. The SMILES string of the molecule is CCOc1ccc(-c2cc3n(n2)CCCN3)cc1. The Hall–Kier alpha value is -1.97. The number of hydrogen-bond acceptors (Lipinski definition) is 3. The standard InChI is InChI=1S/C14H17N3O/c1-2-18-12-6-4-11(5-7-12)13-10-14-15-8-3-9-17(14)16-13/h4-7,10,15H,2-3,8-9H2,1H3. The van der Waals surface area contributed by atoms with Gasteiger partial charge in [-0.1, -0.05) is 0 Å². The summed E-state index contributed by atoms with van der Waals surface area (Å²) in [6.45, 7) is 4.72. The van der Waals surface area contributed by atoms with Crippen molar-refractivity contribution < 1.29 is 4.74 Å². The number of nitrogens with zero attached hydrogens (tertiary/aromatic N) is 2. The fourth-order valence-electron chi connectivity index (χ4n) is 2.20. The molecule has 0 bridgehead atoms. The van der Waals surface area contributed by atoms with E-state index in [1.165, 1.54) is 0 Å². The summed E-state index contributed by atoms with van der Waals surface area (Å²) in [6, 6.07) is 10.2. The Kier molecular flexibility index (Phi) is 2.92. The van der Waals surface area contributed by atoms with E-state index in [9.17, 15) is 0 Å². The monoisotopic (exact) mass is 243 g/mol. The summed E-state index contributed by atoms with van der Waals surface area (Å²) < 4.78 is 7.48. The first kappa shape index (κ1) is 11.1. The van der Waals surface area contributed by atoms with Gasteiger partial charge < -0.3 is 10.1 Å². The van der Waals surface area contributed by atoms with Crippen LogP contribution >= 0.6 is 0 Å². The average molecular weight is 243 g/mol. The zero-order valence-corrected chi connectivity index (χ0v) is 10.5. The molecule has 0 saturated carbocycles. The van der Waals surface area contributed by atoms with E-state index >= 15 is 0 Å². The zero-order chi connectivity index (χ0) is 12.4. The second kappa shape index (κ2) is 4.72. The molecule has 1 aliphatic rings. The van der Waals surface area contributed by atoms with Gasteiger partial charge in [-0.3, -0.25) is 0 Å². The molecule has 0 radical (unpaired) electrons. The van der Waals surface area contributed by atoms with E-state index in [1.807, 2.05) is 23.7 Å². The second-order valence-electron chi connectivity index (χ2n) is 4.38. The maximum absolute atomic E-state index is 5.44. The maximum atomic E-state index is 5.44. The molecule has 3 rings (SSSR count). The summed E-state index contributed by atoms with van der Waals surface area (Å²) in [5.41, 5.74) is 2.14. The minimum absolute atomic E-state index is 0.696. The van der Waals surface area contributed by atoms with Gasteiger partial charge in [-0.05, 0) is 37.6 Å². The molecule has 2 heterocycles. The number of benzene rings is 1.